The van der Waals surface area contributed by atoms with Crippen LogP contribution < -0.4 is 14.3 Å². The van der Waals surface area contributed by atoms with Gasteiger partial charge in [-0.1, -0.05) is 135 Å². The predicted molar refractivity (Wildman–Crippen MR) is 243 cm³/mol. The van der Waals surface area contributed by atoms with Crippen LogP contribution in [0.1, 0.15) is 11.1 Å². The Morgan fingerprint density at radius 1 is 0.542 bits per heavy atom. The zero-order chi connectivity index (χ0) is 39.2. The summed E-state index contributed by atoms with van der Waals surface area (Å²) in [7, 11) is -1.77. The lowest BCUT2D eigenvalue weighted by Gasteiger charge is -2.22. The zero-order valence-corrected chi connectivity index (χ0v) is 34.1. The van der Waals surface area contributed by atoms with E-state index >= 15 is 0 Å². The van der Waals surface area contributed by atoms with E-state index in [9.17, 15) is 0 Å². The molecule has 1 unspecified atom stereocenters. The van der Waals surface area contributed by atoms with Crippen LogP contribution >= 0.6 is 0 Å². The minimum atomic E-state index is -1.77. The summed E-state index contributed by atoms with van der Waals surface area (Å²) < 4.78 is 15.1. The van der Waals surface area contributed by atoms with Gasteiger partial charge in [-0.3, -0.25) is 0 Å². The van der Waals surface area contributed by atoms with Gasteiger partial charge in [0.25, 0.3) is 0 Å². The summed E-state index contributed by atoms with van der Waals surface area (Å²) in [5, 5.41) is 8.49. The van der Waals surface area contributed by atoms with Crippen molar-refractivity contribution in [2.24, 2.45) is 0 Å². The van der Waals surface area contributed by atoms with Crippen molar-refractivity contribution < 1.29 is 13.6 Å². The molecule has 0 saturated carbocycles. The van der Waals surface area contributed by atoms with E-state index in [1.807, 2.05) is 0 Å². The van der Waals surface area contributed by atoms with Crippen LogP contribution in [0.5, 0.6) is 0 Å². The number of aromatic nitrogens is 3. The van der Waals surface area contributed by atoms with E-state index in [1.165, 1.54) is 65.8 Å². The molecule has 8 aromatic carbocycles. The molecule has 1 spiro atoms. The Bertz CT molecular complexity index is 3610. The molecule has 2 aliphatic heterocycles. The molecular formula is C54H39N3OSi+2. The molecule has 0 N–H and O–H groups in total. The standard InChI is InChI=1S/C54H39N3OSi/c1-59(2,3)37-27-32-46-43-22-11-13-23-44(43)54(55(46)33-37)45-30-29-42-41-21-12-14-24-48(41)58-52(42)49(45)53-56(47-31-26-36-18-8-10-20-39(36)51(47)57(53)54)50-38-19-9-7-17-35(38)25-28-40(50)34-15-5-4-6-16-34/h4-33H,1-3H3/q+2. The van der Waals surface area contributed by atoms with Crippen molar-refractivity contribution in [1.29, 1.82) is 0 Å². The van der Waals surface area contributed by atoms with E-state index in [4.69, 9.17) is 4.42 Å². The molecule has 1 atom stereocenters. The molecule has 59 heavy (non-hydrogen) atoms. The third kappa shape index (κ3) is 4.17. The molecule has 278 valence electrons. The maximum atomic E-state index is 7.16. The van der Waals surface area contributed by atoms with Crippen LogP contribution in [0.4, 0.5) is 0 Å². The van der Waals surface area contributed by atoms with Crippen LogP contribution in [0.3, 0.4) is 0 Å². The number of rotatable bonds is 3. The highest BCUT2D eigenvalue weighted by Crippen LogP contribution is 2.53. The van der Waals surface area contributed by atoms with Gasteiger partial charge in [-0.05, 0) is 70.9 Å². The van der Waals surface area contributed by atoms with Crippen molar-refractivity contribution in [3.8, 4) is 39.5 Å². The minimum absolute atomic E-state index is 0.773. The van der Waals surface area contributed by atoms with Gasteiger partial charge >= 0.3 is 11.5 Å². The lowest BCUT2D eigenvalue weighted by Crippen LogP contribution is -2.72. The average Bonchev–Trinajstić information content (AvgIpc) is 3.99. The Morgan fingerprint density at radius 2 is 1.24 bits per heavy atom. The van der Waals surface area contributed by atoms with E-state index in [0.717, 1.165) is 44.5 Å². The zero-order valence-electron chi connectivity index (χ0n) is 33.1. The first kappa shape index (κ1) is 32.9. The molecule has 0 aliphatic carbocycles. The van der Waals surface area contributed by atoms with Gasteiger partial charge in [0.2, 0.25) is 5.69 Å². The molecule has 0 radical (unpaired) electrons. The summed E-state index contributed by atoms with van der Waals surface area (Å²) in [4.78, 5) is 0. The molecule has 0 fully saturated rings. The molecule has 2 aliphatic rings. The normalized spacial score (nSPS) is 15.4. The number of para-hydroxylation sites is 1. The average molecular weight is 774 g/mol. The Balaban J connectivity index is 1.34. The van der Waals surface area contributed by atoms with E-state index in [1.54, 1.807) is 0 Å². The quantitative estimate of drug-likeness (QED) is 0.130. The number of imidazole rings is 1. The second kappa shape index (κ2) is 11.5. The van der Waals surface area contributed by atoms with Crippen LogP contribution in [-0.4, -0.2) is 12.6 Å². The first-order chi connectivity index (χ1) is 28.9. The minimum Gasteiger partial charge on any atom is -0.455 e. The van der Waals surface area contributed by atoms with Gasteiger partial charge in [0.15, 0.2) is 22.8 Å². The lowest BCUT2D eigenvalue weighted by atomic mass is 9.88. The first-order valence-corrected chi connectivity index (χ1v) is 24.1. The molecule has 11 aromatic rings. The molecule has 0 bridgehead atoms. The SMILES string of the molecule is C[Si](C)(C)c1ccc2[n+](c1)C1(c3ccccc3-2)c2ccc3c(oc4ccccc43)c2-c2n(-c3c(-c4ccccc4)ccc4ccccc34)c3ccc4ccccc4c3[n+]21. The number of furan rings is 1. The predicted octanol–water partition coefficient (Wildman–Crippen LogP) is 11.9. The maximum Gasteiger partial charge on any atom is 0.364 e. The molecule has 4 nitrogen and oxygen atoms in total. The van der Waals surface area contributed by atoms with Crippen LogP contribution in [-0.2, 0) is 5.66 Å². The monoisotopic (exact) mass is 773 g/mol. The summed E-state index contributed by atoms with van der Waals surface area (Å²) in [6.45, 7) is 7.36. The summed E-state index contributed by atoms with van der Waals surface area (Å²) in [6.07, 6.45) is 2.50. The second-order valence-electron chi connectivity index (χ2n) is 17.3. The van der Waals surface area contributed by atoms with Gasteiger partial charge in [0, 0.05) is 38.4 Å². The van der Waals surface area contributed by atoms with Crippen molar-refractivity contribution in [2.75, 3.05) is 0 Å². The highest BCUT2D eigenvalue weighted by atomic mass is 28.3. The molecule has 5 heterocycles. The highest BCUT2D eigenvalue weighted by Gasteiger charge is 2.67. The summed E-state index contributed by atoms with van der Waals surface area (Å²) in [5.74, 6) is 1.11. The van der Waals surface area contributed by atoms with Crippen molar-refractivity contribution >= 4 is 67.8 Å². The van der Waals surface area contributed by atoms with Crippen LogP contribution in [0.15, 0.2) is 187 Å². The molecule has 5 heteroatoms. The fourth-order valence-electron chi connectivity index (χ4n) is 10.6. The highest BCUT2D eigenvalue weighted by molar-refractivity contribution is 6.88. The number of pyridine rings is 1. The lowest BCUT2D eigenvalue weighted by molar-refractivity contribution is -0.944. The summed E-state index contributed by atoms with van der Waals surface area (Å²) in [5.41, 5.74) is 13.0. The number of fused-ring (bicyclic) bond motifs is 19. The van der Waals surface area contributed by atoms with E-state index in [2.05, 4.69) is 215 Å². The second-order valence-corrected chi connectivity index (χ2v) is 22.4. The van der Waals surface area contributed by atoms with E-state index in [-0.39, 0.29) is 0 Å². The van der Waals surface area contributed by atoms with Crippen LogP contribution in [0.25, 0.3) is 94.0 Å². The van der Waals surface area contributed by atoms with Gasteiger partial charge in [0.1, 0.15) is 16.8 Å². The molecule has 0 amide bonds. The Hall–Kier alpha value is -7.08. The van der Waals surface area contributed by atoms with Crippen molar-refractivity contribution in [1.82, 2.24) is 4.57 Å². The van der Waals surface area contributed by atoms with Gasteiger partial charge in [0.05, 0.1) is 24.8 Å². The molecule has 0 saturated heterocycles. The van der Waals surface area contributed by atoms with Crippen molar-refractivity contribution in [2.45, 2.75) is 25.3 Å². The van der Waals surface area contributed by atoms with Crippen molar-refractivity contribution in [3.63, 3.8) is 0 Å². The summed E-state index contributed by atoms with van der Waals surface area (Å²) in [6, 6.07) is 65.0. The van der Waals surface area contributed by atoms with E-state index in [0.29, 0.717) is 0 Å². The Kier molecular flexibility index (Phi) is 6.44. The topological polar surface area (TPSA) is 25.8 Å². The fraction of sp³-hybridized carbons (Fsp3) is 0.0741. The number of nitrogens with zero attached hydrogens (tertiary/aromatic N) is 3. The van der Waals surface area contributed by atoms with Gasteiger partial charge < -0.3 is 4.42 Å². The third-order valence-electron chi connectivity index (χ3n) is 13.2. The van der Waals surface area contributed by atoms with E-state index < -0.39 is 13.7 Å². The number of hydrogen-bond acceptors (Lipinski definition) is 1. The summed E-state index contributed by atoms with van der Waals surface area (Å²) >= 11 is 0. The molecule has 13 rings (SSSR count). The van der Waals surface area contributed by atoms with Crippen LogP contribution in [0, 0.1) is 0 Å². The Labute approximate surface area is 342 Å². The maximum absolute atomic E-state index is 7.16. The number of hydrogen-bond donors (Lipinski definition) is 0. The smallest absolute Gasteiger partial charge is 0.364 e. The molecule has 3 aromatic heterocycles. The number of benzene rings is 8. The first-order valence-electron chi connectivity index (χ1n) is 20.6. The Morgan fingerprint density at radius 3 is 2.07 bits per heavy atom. The largest absolute Gasteiger partial charge is 0.455 e. The van der Waals surface area contributed by atoms with Gasteiger partial charge in [-0.15, -0.1) is 9.13 Å². The van der Waals surface area contributed by atoms with Gasteiger partial charge in [-0.2, -0.15) is 4.57 Å². The van der Waals surface area contributed by atoms with Gasteiger partial charge in [-0.25, -0.2) is 0 Å². The van der Waals surface area contributed by atoms with Crippen molar-refractivity contribution in [3.05, 3.63) is 193 Å². The molecular weight excluding hydrogens is 735 g/mol. The van der Waals surface area contributed by atoms with Crippen LogP contribution in [0.2, 0.25) is 19.6 Å². The third-order valence-corrected chi connectivity index (χ3v) is 15.2. The fourth-order valence-corrected chi connectivity index (χ4v) is 11.7.